The van der Waals surface area contributed by atoms with Crippen molar-refractivity contribution in [3.05, 3.63) is 84.9 Å². The third kappa shape index (κ3) is 4.21. The van der Waals surface area contributed by atoms with Crippen molar-refractivity contribution in [3.8, 4) is 0 Å². The first-order valence-electron chi connectivity index (χ1n) is 8.81. The molecule has 0 bridgehead atoms. The number of benzene rings is 2. The van der Waals surface area contributed by atoms with E-state index in [4.69, 9.17) is 5.11 Å². The standard InChI is InChI=1S/C13H11N3S.C8H8N2O/c1-2-7-12-11(6-1)15-13(16-12)17-9-10-5-3-4-8-14-10;11-6-10-5-9-7-3-1-2-4-8(7)10/h1-8H,9H2,(H,15,16);1-5,11H,6H2. The minimum Gasteiger partial charge on any atom is -0.376 e. The number of para-hydroxylation sites is 4. The summed E-state index contributed by atoms with van der Waals surface area (Å²) in [5.41, 5.74) is 5.04. The molecule has 0 saturated carbocycles. The molecule has 0 aliphatic heterocycles. The van der Waals surface area contributed by atoms with Crippen LogP contribution in [0.4, 0.5) is 0 Å². The van der Waals surface area contributed by atoms with Crippen LogP contribution in [-0.2, 0) is 12.5 Å². The fourth-order valence-electron chi connectivity index (χ4n) is 2.75. The van der Waals surface area contributed by atoms with Crippen molar-refractivity contribution in [3.63, 3.8) is 0 Å². The highest BCUT2D eigenvalue weighted by Crippen LogP contribution is 2.21. The SMILES string of the molecule is OCn1cnc2ccccc21.c1ccc(CSc2nc3ccccc3[nH]2)nc1. The first kappa shape index (κ1) is 18.2. The number of pyridine rings is 1. The number of aromatic amines is 1. The molecule has 6 nitrogen and oxygen atoms in total. The number of rotatable bonds is 4. The van der Waals surface area contributed by atoms with Crippen molar-refractivity contribution in [1.29, 1.82) is 0 Å². The van der Waals surface area contributed by atoms with E-state index < -0.39 is 0 Å². The van der Waals surface area contributed by atoms with Crippen molar-refractivity contribution >= 4 is 33.8 Å². The van der Waals surface area contributed by atoms with Gasteiger partial charge in [-0.15, -0.1) is 0 Å². The van der Waals surface area contributed by atoms with E-state index in [0.717, 1.165) is 38.7 Å². The van der Waals surface area contributed by atoms with Gasteiger partial charge in [-0.1, -0.05) is 42.1 Å². The quantitative estimate of drug-likeness (QED) is 0.450. The van der Waals surface area contributed by atoms with Crippen molar-refractivity contribution in [2.75, 3.05) is 0 Å². The summed E-state index contributed by atoms with van der Waals surface area (Å²) in [4.78, 5) is 16.2. The molecule has 2 aromatic carbocycles. The first-order chi connectivity index (χ1) is 13.8. The molecule has 0 amide bonds. The van der Waals surface area contributed by atoms with Crippen LogP contribution in [0.15, 0.2) is 84.4 Å². The van der Waals surface area contributed by atoms with E-state index in [-0.39, 0.29) is 6.73 Å². The normalized spacial score (nSPS) is 10.8. The Kier molecular flexibility index (Phi) is 5.65. The number of aliphatic hydroxyl groups excluding tert-OH is 1. The first-order valence-corrected chi connectivity index (χ1v) is 9.80. The summed E-state index contributed by atoms with van der Waals surface area (Å²) in [6, 6.07) is 21.7. The van der Waals surface area contributed by atoms with Crippen molar-refractivity contribution in [2.45, 2.75) is 17.6 Å². The number of H-pyrrole nitrogens is 1. The zero-order valence-corrected chi connectivity index (χ0v) is 15.9. The second kappa shape index (κ2) is 8.69. The summed E-state index contributed by atoms with van der Waals surface area (Å²) in [5.74, 6) is 0.834. The highest BCUT2D eigenvalue weighted by atomic mass is 32.2. The Balaban J connectivity index is 0.000000151. The second-order valence-corrected chi connectivity index (χ2v) is 6.98. The number of fused-ring (bicyclic) bond motifs is 2. The van der Waals surface area contributed by atoms with Crippen LogP contribution < -0.4 is 0 Å². The van der Waals surface area contributed by atoms with Gasteiger partial charge in [0.25, 0.3) is 0 Å². The fraction of sp³-hybridized carbons (Fsp3) is 0.0952. The molecule has 28 heavy (non-hydrogen) atoms. The van der Waals surface area contributed by atoms with Gasteiger partial charge in [-0.3, -0.25) is 4.98 Å². The molecule has 0 atom stereocenters. The Morgan fingerprint density at radius 1 is 0.893 bits per heavy atom. The summed E-state index contributed by atoms with van der Waals surface area (Å²) in [7, 11) is 0. The summed E-state index contributed by atoms with van der Waals surface area (Å²) in [6.07, 6.45) is 3.44. The molecule has 0 aliphatic rings. The molecule has 0 saturated heterocycles. The van der Waals surface area contributed by atoms with Crippen LogP contribution in [0.5, 0.6) is 0 Å². The monoisotopic (exact) mass is 389 g/mol. The number of aliphatic hydroxyl groups is 1. The van der Waals surface area contributed by atoms with E-state index in [1.165, 1.54) is 0 Å². The lowest BCUT2D eigenvalue weighted by molar-refractivity contribution is 0.215. The molecule has 3 heterocycles. The zero-order valence-electron chi connectivity index (χ0n) is 15.1. The molecule has 5 aromatic rings. The lowest BCUT2D eigenvalue weighted by Gasteiger charge is -1.96. The maximum absolute atomic E-state index is 8.85. The Bertz CT molecular complexity index is 1140. The van der Waals surface area contributed by atoms with Crippen LogP contribution >= 0.6 is 11.8 Å². The Hall–Kier alpha value is -3.16. The van der Waals surface area contributed by atoms with E-state index in [2.05, 4.69) is 19.9 Å². The minimum atomic E-state index is -0.0134. The smallest absolute Gasteiger partial charge is 0.166 e. The summed E-state index contributed by atoms with van der Waals surface area (Å²) in [5, 5.41) is 9.79. The topological polar surface area (TPSA) is 79.6 Å². The number of thioether (sulfide) groups is 1. The Morgan fingerprint density at radius 3 is 2.46 bits per heavy atom. The average Bonchev–Trinajstić information content (AvgIpc) is 3.37. The van der Waals surface area contributed by atoms with Gasteiger partial charge in [-0.05, 0) is 36.4 Å². The number of imidazole rings is 2. The van der Waals surface area contributed by atoms with E-state index in [0.29, 0.717) is 0 Å². The maximum atomic E-state index is 8.85. The number of hydrogen-bond donors (Lipinski definition) is 2. The van der Waals surface area contributed by atoms with Gasteiger partial charge >= 0.3 is 0 Å². The molecule has 5 rings (SSSR count). The van der Waals surface area contributed by atoms with Gasteiger partial charge in [0.05, 0.1) is 34.1 Å². The number of hydrogen-bond acceptors (Lipinski definition) is 5. The molecule has 0 radical (unpaired) electrons. The van der Waals surface area contributed by atoms with Crippen LogP contribution in [0.2, 0.25) is 0 Å². The van der Waals surface area contributed by atoms with E-state index in [9.17, 15) is 0 Å². The lowest BCUT2D eigenvalue weighted by Crippen LogP contribution is -1.92. The number of aromatic nitrogens is 5. The van der Waals surface area contributed by atoms with E-state index in [1.54, 1.807) is 22.7 Å². The Labute approximate surface area is 166 Å². The molecule has 7 heteroatoms. The predicted molar refractivity (Wildman–Crippen MR) is 112 cm³/mol. The Morgan fingerprint density at radius 2 is 1.68 bits per heavy atom. The van der Waals surface area contributed by atoms with Gasteiger partial charge < -0.3 is 14.7 Å². The van der Waals surface area contributed by atoms with Crippen molar-refractivity contribution in [1.82, 2.24) is 24.5 Å². The molecule has 0 fully saturated rings. The number of nitrogens with zero attached hydrogens (tertiary/aromatic N) is 4. The van der Waals surface area contributed by atoms with Gasteiger partial charge in [0.1, 0.15) is 6.73 Å². The largest absolute Gasteiger partial charge is 0.376 e. The maximum Gasteiger partial charge on any atom is 0.166 e. The van der Waals surface area contributed by atoms with E-state index >= 15 is 0 Å². The van der Waals surface area contributed by atoms with Gasteiger partial charge in [-0.2, -0.15) is 0 Å². The van der Waals surface area contributed by atoms with Crippen LogP contribution in [0.1, 0.15) is 5.69 Å². The van der Waals surface area contributed by atoms with Gasteiger partial charge in [0, 0.05) is 11.9 Å². The van der Waals surface area contributed by atoms with Crippen LogP contribution in [-0.4, -0.2) is 29.6 Å². The highest BCUT2D eigenvalue weighted by molar-refractivity contribution is 7.98. The molecule has 0 unspecified atom stereocenters. The van der Waals surface area contributed by atoms with Crippen LogP contribution in [0, 0.1) is 0 Å². The predicted octanol–water partition coefficient (Wildman–Crippen LogP) is 4.24. The third-order valence-electron chi connectivity index (χ3n) is 4.13. The van der Waals surface area contributed by atoms with E-state index in [1.807, 2.05) is 72.9 Å². The van der Waals surface area contributed by atoms with Crippen LogP contribution in [0.25, 0.3) is 22.1 Å². The molecule has 0 spiro atoms. The van der Waals surface area contributed by atoms with Crippen molar-refractivity contribution in [2.24, 2.45) is 0 Å². The minimum absolute atomic E-state index is 0.0134. The summed E-state index contributed by atoms with van der Waals surface area (Å²) >= 11 is 1.67. The molecular weight excluding hydrogens is 370 g/mol. The second-order valence-electron chi connectivity index (χ2n) is 6.01. The van der Waals surface area contributed by atoms with Gasteiger partial charge in [0.2, 0.25) is 0 Å². The number of nitrogens with one attached hydrogen (secondary N) is 1. The van der Waals surface area contributed by atoms with Crippen molar-refractivity contribution < 1.29 is 5.11 Å². The highest BCUT2D eigenvalue weighted by Gasteiger charge is 2.03. The molecule has 3 aromatic heterocycles. The van der Waals surface area contributed by atoms with Crippen LogP contribution in [0.3, 0.4) is 0 Å². The average molecular weight is 389 g/mol. The van der Waals surface area contributed by atoms with Gasteiger partial charge in [0.15, 0.2) is 5.16 Å². The van der Waals surface area contributed by atoms with Gasteiger partial charge in [-0.25, -0.2) is 9.97 Å². The molecule has 2 N–H and O–H groups in total. The summed E-state index contributed by atoms with van der Waals surface area (Å²) in [6.45, 7) is -0.0134. The fourth-order valence-corrected chi connectivity index (χ4v) is 3.55. The molecule has 140 valence electrons. The molecular formula is C21H19N5OS. The zero-order chi connectivity index (χ0) is 19.2. The third-order valence-corrected chi connectivity index (χ3v) is 5.04. The summed E-state index contributed by atoms with van der Waals surface area (Å²) < 4.78 is 1.69. The molecule has 0 aliphatic carbocycles. The lowest BCUT2D eigenvalue weighted by atomic mass is 10.3.